The molecule has 1 amide bonds. The number of rotatable bonds is 10. The maximum Gasteiger partial charge on any atom is 0.220 e. The van der Waals surface area contributed by atoms with Gasteiger partial charge in [-0.3, -0.25) is 4.79 Å². The van der Waals surface area contributed by atoms with Crippen molar-refractivity contribution in [1.82, 2.24) is 10.0 Å². The summed E-state index contributed by atoms with van der Waals surface area (Å²) in [5.41, 5.74) is 1.28. The highest BCUT2D eigenvalue weighted by atomic mass is 32.2. The molecule has 0 spiro atoms. The molecule has 1 unspecified atom stereocenters. The molecule has 2 N–H and O–H groups in total. The van der Waals surface area contributed by atoms with Gasteiger partial charge < -0.3 is 5.32 Å². The monoisotopic (exact) mass is 326 g/mol. The molecule has 124 valence electrons. The van der Waals surface area contributed by atoms with Crippen molar-refractivity contribution < 1.29 is 13.2 Å². The fourth-order valence-corrected chi connectivity index (χ4v) is 2.68. The van der Waals surface area contributed by atoms with E-state index in [1.54, 1.807) is 6.92 Å². The predicted molar refractivity (Wildman–Crippen MR) is 89.0 cm³/mol. The van der Waals surface area contributed by atoms with E-state index in [2.05, 4.69) is 29.1 Å². The Morgan fingerprint density at radius 3 is 2.50 bits per heavy atom. The molecular formula is C16H26N2O3S. The zero-order chi connectivity index (χ0) is 16.4. The lowest BCUT2D eigenvalue weighted by Gasteiger charge is -2.12. The molecule has 0 aliphatic carbocycles. The fourth-order valence-electron chi connectivity index (χ4n) is 2.06. The molecule has 0 saturated carbocycles. The highest BCUT2D eigenvalue weighted by Gasteiger charge is 2.10. The van der Waals surface area contributed by atoms with Gasteiger partial charge in [0.05, 0.1) is 5.75 Å². The number of carbonyl (C=O) groups is 1. The van der Waals surface area contributed by atoms with Crippen molar-refractivity contribution in [1.29, 1.82) is 0 Å². The Morgan fingerprint density at radius 2 is 1.86 bits per heavy atom. The summed E-state index contributed by atoms with van der Waals surface area (Å²) in [7, 11) is -3.18. The Bertz CT molecular complexity index is 544. The number of carbonyl (C=O) groups excluding carboxylic acids is 1. The topological polar surface area (TPSA) is 75.3 Å². The van der Waals surface area contributed by atoms with Gasteiger partial charge in [-0.2, -0.15) is 0 Å². The summed E-state index contributed by atoms with van der Waals surface area (Å²) in [6.45, 7) is 4.20. The normalized spacial score (nSPS) is 12.8. The van der Waals surface area contributed by atoms with Gasteiger partial charge in [0.25, 0.3) is 0 Å². The SMILES string of the molecule is CCS(=O)(=O)NCCNC(=O)CC(C)CCc1ccccc1. The second-order valence-electron chi connectivity index (χ2n) is 5.48. The van der Waals surface area contributed by atoms with Gasteiger partial charge in [-0.15, -0.1) is 0 Å². The van der Waals surface area contributed by atoms with E-state index in [1.807, 2.05) is 18.2 Å². The van der Waals surface area contributed by atoms with E-state index in [4.69, 9.17) is 0 Å². The Labute approximate surface area is 133 Å². The van der Waals surface area contributed by atoms with E-state index < -0.39 is 10.0 Å². The van der Waals surface area contributed by atoms with Crippen LogP contribution in [-0.4, -0.2) is 33.2 Å². The Kier molecular flexibility index (Phi) is 8.12. The first kappa shape index (κ1) is 18.6. The third-order valence-corrected chi connectivity index (χ3v) is 4.86. The third-order valence-electron chi connectivity index (χ3n) is 3.45. The van der Waals surface area contributed by atoms with Crippen LogP contribution in [0.15, 0.2) is 30.3 Å². The maximum absolute atomic E-state index is 11.8. The summed E-state index contributed by atoms with van der Waals surface area (Å²) in [6.07, 6.45) is 2.39. The number of benzene rings is 1. The zero-order valence-electron chi connectivity index (χ0n) is 13.3. The van der Waals surface area contributed by atoms with Crippen molar-refractivity contribution in [3.8, 4) is 0 Å². The minimum Gasteiger partial charge on any atom is -0.355 e. The van der Waals surface area contributed by atoms with Gasteiger partial charge in [0, 0.05) is 19.5 Å². The first-order valence-electron chi connectivity index (χ1n) is 7.71. The molecule has 1 atom stereocenters. The lowest BCUT2D eigenvalue weighted by atomic mass is 9.98. The number of nitrogens with one attached hydrogen (secondary N) is 2. The highest BCUT2D eigenvalue weighted by molar-refractivity contribution is 7.89. The number of hydrogen-bond acceptors (Lipinski definition) is 3. The first-order valence-corrected chi connectivity index (χ1v) is 9.36. The molecule has 5 nitrogen and oxygen atoms in total. The van der Waals surface area contributed by atoms with Crippen LogP contribution in [0, 0.1) is 5.92 Å². The molecule has 0 heterocycles. The largest absolute Gasteiger partial charge is 0.355 e. The van der Waals surface area contributed by atoms with Crippen molar-refractivity contribution >= 4 is 15.9 Å². The van der Waals surface area contributed by atoms with Crippen LogP contribution in [0.2, 0.25) is 0 Å². The van der Waals surface area contributed by atoms with E-state index in [0.717, 1.165) is 12.8 Å². The number of sulfonamides is 1. The molecule has 0 saturated heterocycles. The van der Waals surface area contributed by atoms with Crippen molar-refractivity contribution in [2.24, 2.45) is 5.92 Å². The van der Waals surface area contributed by atoms with Crippen LogP contribution in [0.25, 0.3) is 0 Å². The number of aryl methyl sites for hydroxylation is 1. The Balaban J connectivity index is 2.16. The highest BCUT2D eigenvalue weighted by Crippen LogP contribution is 2.12. The van der Waals surface area contributed by atoms with Crippen molar-refractivity contribution in [3.63, 3.8) is 0 Å². The van der Waals surface area contributed by atoms with Crippen LogP contribution < -0.4 is 10.0 Å². The van der Waals surface area contributed by atoms with E-state index >= 15 is 0 Å². The van der Waals surface area contributed by atoms with Gasteiger partial charge in [0.1, 0.15) is 0 Å². The molecular weight excluding hydrogens is 300 g/mol. The second-order valence-corrected chi connectivity index (χ2v) is 7.58. The van der Waals surface area contributed by atoms with Crippen LogP contribution in [-0.2, 0) is 21.2 Å². The first-order chi connectivity index (χ1) is 10.4. The van der Waals surface area contributed by atoms with Crippen LogP contribution in [0.4, 0.5) is 0 Å². The van der Waals surface area contributed by atoms with Crippen LogP contribution in [0.5, 0.6) is 0 Å². The van der Waals surface area contributed by atoms with E-state index in [-0.39, 0.29) is 18.2 Å². The van der Waals surface area contributed by atoms with Crippen LogP contribution >= 0.6 is 0 Å². The van der Waals surface area contributed by atoms with E-state index in [9.17, 15) is 13.2 Å². The van der Waals surface area contributed by atoms with Crippen molar-refractivity contribution in [2.45, 2.75) is 33.1 Å². The van der Waals surface area contributed by atoms with Crippen molar-refractivity contribution in [3.05, 3.63) is 35.9 Å². The minimum absolute atomic E-state index is 0.0312. The van der Waals surface area contributed by atoms with Gasteiger partial charge in [-0.25, -0.2) is 13.1 Å². The molecule has 0 bridgehead atoms. The Hall–Kier alpha value is -1.40. The summed E-state index contributed by atoms with van der Waals surface area (Å²) in [5, 5.41) is 2.74. The molecule has 1 aromatic carbocycles. The minimum atomic E-state index is -3.18. The summed E-state index contributed by atoms with van der Waals surface area (Å²) >= 11 is 0. The molecule has 0 aromatic heterocycles. The predicted octanol–water partition coefficient (Wildman–Crippen LogP) is 1.70. The molecule has 0 aliphatic rings. The standard InChI is InChI=1S/C16H26N2O3S/c1-3-22(20,21)18-12-11-17-16(19)13-14(2)9-10-15-7-5-4-6-8-15/h4-8,14,18H,3,9-13H2,1-2H3,(H,17,19). The van der Waals surface area contributed by atoms with Gasteiger partial charge >= 0.3 is 0 Å². The molecule has 1 aromatic rings. The second kappa shape index (κ2) is 9.58. The lowest BCUT2D eigenvalue weighted by molar-refractivity contribution is -0.121. The lowest BCUT2D eigenvalue weighted by Crippen LogP contribution is -2.35. The maximum atomic E-state index is 11.8. The molecule has 0 fully saturated rings. The summed E-state index contributed by atoms with van der Waals surface area (Å²) < 4.78 is 24.9. The molecule has 1 rings (SSSR count). The average molecular weight is 326 g/mol. The summed E-state index contributed by atoms with van der Waals surface area (Å²) in [6, 6.07) is 10.2. The zero-order valence-corrected chi connectivity index (χ0v) is 14.2. The van der Waals surface area contributed by atoms with Crippen LogP contribution in [0.3, 0.4) is 0 Å². The molecule has 0 radical (unpaired) electrons. The van der Waals surface area contributed by atoms with Gasteiger partial charge in [-0.1, -0.05) is 37.3 Å². The number of amides is 1. The third kappa shape index (κ3) is 8.14. The number of hydrogen-bond donors (Lipinski definition) is 2. The average Bonchev–Trinajstić information content (AvgIpc) is 2.51. The van der Waals surface area contributed by atoms with Gasteiger partial charge in [0.2, 0.25) is 15.9 Å². The van der Waals surface area contributed by atoms with Gasteiger partial charge in [-0.05, 0) is 31.2 Å². The summed E-state index contributed by atoms with van der Waals surface area (Å²) in [5.74, 6) is 0.320. The van der Waals surface area contributed by atoms with Crippen molar-refractivity contribution in [2.75, 3.05) is 18.8 Å². The Morgan fingerprint density at radius 1 is 1.18 bits per heavy atom. The molecule has 6 heteroatoms. The summed E-state index contributed by atoms with van der Waals surface area (Å²) in [4.78, 5) is 11.8. The van der Waals surface area contributed by atoms with E-state index in [0.29, 0.717) is 18.9 Å². The van der Waals surface area contributed by atoms with E-state index in [1.165, 1.54) is 5.56 Å². The molecule has 0 aliphatic heterocycles. The quantitative estimate of drug-likeness (QED) is 0.643. The fraction of sp³-hybridized carbons (Fsp3) is 0.562. The van der Waals surface area contributed by atoms with Crippen LogP contribution in [0.1, 0.15) is 32.3 Å². The van der Waals surface area contributed by atoms with Gasteiger partial charge in [0.15, 0.2) is 0 Å². The molecule has 22 heavy (non-hydrogen) atoms. The smallest absolute Gasteiger partial charge is 0.220 e.